The van der Waals surface area contributed by atoms with E-state index in [1.54, 1.807) is 25.1 Å². The van der Waals surface area contributed by atoms with Crippen molar-refractivity contribution in [1.82, 2.24) is 10.2 Å². The van der Waals surface area contributed by atoms with Gasteiger partial charge in [0.15, 0.2) is 0 Å². The Balaban J connectivity index is 2.05. The molecule has 0 saturated carbocycles. The number of allylic oxidation sites excluding steroid dienone is 2. The van der Waals surface area contributed by atoms with Crippen molar-refractivity contribution < 1.29 is 9.59 Å². The Bertz CT molecular complexity index is 943. The second-order valence-electron chi connectivity index (χ2n) is 6.96. The van der Waals surface area contributed by atoms with Crippen LogP contribution in [-0.4, -0.2) is 53.6 Å². The first-order chi connectivity index (χ1) is 14.1. The number of nitrogens with one attached hydrogen (secondary N) is 2. The summed E-state index contributed by atoms with van der Waals surface area (Å²) < 4.78 is 0.281. The largest absolute Gasteiger partial charge is 0.379 e. The fraction of sp³-hybridized carbons (Fsp3) is 0.421. The highest BCUT2D eigenvalue weighted by Gasteiger charge is 2.28. The average molecular weight is 497 g/mol. The van der Waals surface area contributed by atoms with Crippen LogP contribution in [0, 0.1) is 5.41 Å². The van der Waals surface area contributed by atoms with E-state index in [1.807, 2.05) is 18.7 Å². The summed E-state index contributed by atoms with van der Waals surface area (Å²) in [6.07, 6.45) is 0. The van der Waals surface area contributed by atoms with E-state index < -0.39 is 5.91 Å². The van der Waals surface area contributed by atoms with Gasteiger partial charge in [0.05, 0.1) is 11.6 Å². The van der Waals surface area contributed by atoms with Gasteiger partial charge in [0, 0.05) is 47.5 Å². The molecule has 0 aromatic heterocycles. The van der Waals surface area contributed by atoms with Crippen LogP contribution in [0.2, 0.25) is 5.02 Å². The Kier molecular flexibility index (Phi) is 8.28. The molecule has 0 spiro atoms. The van der Waals surface area contributed by atoms with Crippen molar-refractivity contribution in [2.75, 3.05) is 31.1 Å². The quantitative estimate of drug-likeness (QED) is 0.266. The number of amides is 2. The fourth-order valence-electron chi connectivity index (χ4n) is 3.14. The molecule has 1 saturated heterocycles. The van der Waals surface area contributed by atoms with Gasteiger partial charge in [0.25, 0.3) is 5.91 Å². The van der Waals surface area contributed by atoms with Crippen molar-refractivity contribution in [3.05, 3.63) is 50.5 Å². The lowest BCUT2D eigenvalue weighted by Crippen LogP contribution is -2.55. The van der Waals surface area contributed by atoms with Gasteiger partial charge in [0.2, 0.25) is 5.91 Å². The summed E-state index contributed by atoms with van der Waals surface area (Å²) in [5.74, 6) is -0.752. The van der Waals surface area contributed by atoms with Crippen molar-refractivity contribution in [3.63, 3.8) is 0 Å². The molecule has 0 aliphatic carbocycles. The molecule has 9 nitrogen and oxygen atoms in total. The number of nitrogens with zero attached hydrogens (tertiary/aromatic N) is 5. The molecule has 11 heteroatoms. The number of piperazine rings is 1. The minimum absolute atomic E-state index is 0.0225. The summed E-state index contributed by atoms with van der Waals surface area (Å²) >= 11 is 9.18. The minimum Gasteiger partial charge on any atom is -0.379 e. The third kappa shape index (κ3) is 5.75. The molecular formula is C19H23BrClN7O2. The maximum Gasteiger partial charge on any atom is 0.250 e. The van der Waals surface area contributed by atoms with Crippen molar-refractivity contribution in [1.29, 1.82) is 5.41 Å². The maximum atomic E-state index is 12.7. The van der Waals surface area contributed by atoms with Crippen LogP contribution >= 0.6 is 27.5 Å². The smallest absolute Gasteiger partial charge is 0.250 e. The predicted octanol–water partition coefficient (Wildman–Crippen LogP) is 4.08. The van der Waals surface area contributed by atoms with Crippen molar-refractivity contribution in [3.8, 4) is 0 Å². The van der Waals surface area contributed by atoms with Gasteiger partial charge < -0.3 is 15.1 Å². The SMILES string of the molecule is C/C(NCC(=O)N1CCN(c2ccc(Cl)c(C(=O)N=[N+]=[N-])c2)CC1C)=C(\C)C(=N)Br. The Morgan fingerprint density at radius 1 is 1.40 bits per heavy atom. The van der Waals surface area contributed by atoms with Gasteiger partial charge in [-0.25, -0.2) is 0 Å². The van der Waals surface area contributed by atoms with Gasteiger partial charge in [0.1, 0.15) is 4.62 Å². The predicted molar refractivity (Wildman–Crippen MR) is 121 cm³/mol. The standard InChI is InChI=1S/C19H23BrClN7O2/c1-11-10-27(14-4-5-16(21)15(8-14)19(30)25-26-23)6-7-28(11)17(29)9-24-13(3)12(2)18(20)22/h4-5,8,11,22,24H,6-7,9-10H2,1-3H3/b13-12-,22-18?. The normalized spacial score (nSPS) is 17.0. The van der Waals surface area contributed by atoms with E-state index in [2.05, 4.69) is 36.2 Å². The number of rotatable bonds is 6. The summed E-state index contributed by atoms with van der Waals surface area (Å²) in [4.78, 5) is 31.0. The Morgan fingerprint density at radius 3 is 2.70 bits per heavy atom. The van der Waals surface area contributed by atoms with Gasteiger partial charge in [-0.1, -0.05) is 11.6 Å². The maximum absolute atomic E-state index is 12.7. The molecular weight excluding hydrogens is 474 g/mol. The molecule has 1 fully saturated rings. The molecule has 1 aromatic rings. The second-order valence-corrected chi connectivity index (χ2v) is 8.16. The van der Waals surface area contributed by atoms with E-state index in [-0.39, 0.29) is 33.7 Å². The number of carbonyl (C=O) groups is 2. The molecule has 1 unspecified atom stereocenters. The van der Waals surface area contributed by atoms with Gasteiger partial charge >= 0.3 is 0 Å². The zero-order chi connectivity index (χ0) is 22.4. The van der Waals surface area contributed by atoms with Crippen LogP contribution in [0.3, 0.4) is 0 Å². The van der Waals surface area contributed by atoms with Gasteiger partial charge in [-0.15, -0.1) is 0 Å². The summed E-state index contributed by atoms with van der Waals surface area (Å²) in [6, 6.07) is 4.96. The summed E-state index contributed by atoms with van der Waals surface area (Å²) in [5, 5.41) is 14.0. The van der Waals surface area contributed by atoms with Crippen LogP contribution in [0.25, 0.3) is 10.4 Å². The van der Waals surface area contributed by atoms with Gasteiger partial charge in [-0.05, 0) is 71.1 Å². The third-order valence-electron chi connectivity index (χ3n) is 5.03. The molecule has 1 heterocycles. The molecule has 1 aliphatic heterocycles. The zero-order valence-corrected chi connectivity index (χ0v) is 19.3. The van der Waals surface area contributed by atoms with Gasteiger partial charge in [-0.3, -0.25) is 15.0 Å². The second kappa shape index (κ2) is 10.5. The van der Waals surface area contributed by atoms with Crippen molar-refractivity contribution in [2.24, 2.45) is 5.11 Å². The van der Waals surface area contributed by atoms with E-state index in [0.717, 1.165) is 17.0 Å². The topological polar surface area (TPSA) is 125 Å². The van der Waals surface area contributed by atoms with Crippen molar-refractivity contribution >= 4 is 49.7 Å². The molecule has 0 radical (unpaired) electrons. The fourth-order valence-corrected chi connectivity index (χ4v) is 3.63. The highest BCUT2D eigenvalue weighted by atomic mass is 79.9. The lowest BCUT2D eigenvalue weighted by atomic mass is 10.1. The zero-order valence-electron chi connectivity index (χ0n) is 16.9. The molecule has 2 N–H and O–H groups in total. The van der Waals surface area contributed by atoms with Crippen LogP contribution in [0.5, 0.6) is 0 Å². The van der Waals surface area contributed by atoms with Crippen LogP contribution in [0.4, 0.5) is 5.69 Å². The summed E-state index contributed by atoms with van der Waals surface area (Å²) in [6.45, 7) is 7.46. The summed E-state index contributed by atoms with van der Waals surface area (Å²) in [7, 11) is 0. The molecule has 0 bridgehead atoms. The van der Waals surface area contributed by atoms with Crippen LogP contribution < -0.4 is 10.2 Å². The monoisotopic (exact) mass is 495 g/mol. The Labute approximate surface area is 188 Å². The molecule has 2 amide bonds. The van der Waals surface area contributed by atoms with E-state index in [4.69, 9.17) is 22.5 Å². The third-order valence-corrected chi connectivity index (χ3v) is 5.95. The number of hydrogen-bond acceptors (Lipinski definition) is 5. The highest BCUT2D eigenvalue weighted by molar-refractivity contribution is 9.18. The number of halogens is 2. The van der Waals surface area contributed by atoms with E-state index in [9.17, 15) is 9.59 Å². The van der Waals surface area contributed by atoms with Gasteiger partial charge in [-0.2, -0.15) is 0 Å². The number of azide groups is 1. The number of anilines is 1. The minimum atomic E-state index is -0.729. The molecule has 1 aromatic carbocycles. The first-order valence-corrected chi connectivity index (χ1v) is 10.4. The first-order valence-electron chi connectivity index (χ1n) is 9.24. The van der Waals surface area contributed by atoms with E-state index >= 15 is 0 Å². The molecule has 160 valence electrons. The Morgan fingerprint density at radius 2 is 2.10 bits per heavy atom. The van der Waals surface area contributed by atoms with Crippen LogP contribution in [0.1, 0.15) is 31.1 Å². The molecule has 1 aliphatic rings. The molecule has 30 heavy (non-hydrogen) atoms. The van der Waals surface area contributed by atoms with E-state index in [1.165, 1.54) is 0 Å². The summed E-state index contributed by atoms with van der Waals surface area (Å²) in [5.41, 5.74) is 10.9. The first kappa shape index (κ1) is 23.7. The molecule has 1 atom stereocenters. The van der Waals surface area contributed by atoms with E-state index in [0.29, 0.717) is 19.6 Å². The number of carbonyl (C=O) groups excluding carboxylic acids is 2. The lowest BCUT2D eigenvalue weighted by Gasteiger charge is -2.41. The molecule has 2 rings (SSSR count). The highest BCUT2D eigenvalue weighted by Crippen LogP contribution is 2.26. The lowest BCUT2D eigenvalue weighted by molar-refractivity contribution is -0.132. The average Bonchev–Trinajstić information content (AvgIpc) is 2.71. The Hall–Kier alpha value is -2.55. The van der Waals surface area contributed by atoms with Crippen LogP contribution in [-0.2, 0) is 4.79 Å². The number of benzene rings is 1. The number of hydrogen-bond donors (Lipinski definition) is 2. The van der Waals surface area contributed by atoms with Crippen molar-refractivity contribution in [2.45, 2.75) is 26.8 Å². The van der Waals surface area contributed by atoms with Crippen LogP contribution in [0.15, 0.2) is 34.6 Å².